The Bertz CT molecular complexity index is 895. The Morgan fingerprint density at radius 2 is 2.00 bits per heavy atom. The minimum absolute atomic E-state index is 0.558. The zero-order valence-electron chi connectivity index (χ0n) is 14.0. The van der Waals surface area contributed by atoms with Crippen LogP contribution in [0.4, 0.5) is 5.82 Å². The first kappa shape index (κ1) is 14.9. The molecule has 1 aromatic carbocycles. The minimum Gasteiger partial charge on any atom is -0.352 e. The molecule has 0 amide bonds. The van der Waals surface area contributed by atoms with Gasteiger partial charge in [0.1, 0.15) is 17.5 Å². The lowest BCUT2D eigenvalue weighted by Gasteiger charge is -2.27. The van der Waals surface area contributed by atoms with E-state index in [1.54, 1.807) is 6.33 Å². The van der Waals surface area contributed by atoms with Crippen molar-refractivity contribution in [2.45, 2.75) is 26.7 Å². The molecule has 0 fully saturated rings. The predicted octanol–water partition coefficient (Wildman–Crippen LogP) is 3.78. The van der Waals surface area contributed by atoms with Gasteiger partial charge in [0.05, 0.1) is 5.69 Å². The average molecular weight is 320 g/mol. The van der Waals surface area contributed by atoms with Gasteiger partial charge in [0.25, 0.3) is 5.71 Å². The molecule has 0 saturated heterocycles. The zero-order chi connectivity index (χ0) is 16.5. The maximum atomic E-state index is 5.25. The van der Waals surface area contributed by atoms with Gasteiger partial charge in [0, 0.05) is 13.1 Å². The topological polar surface area (TPSA) is 55.1 Å². The van der Waals surface area contributed by atoms with Crippen molar-refractivity contribution in [2.24, 2.45) is 0 Å². The molecule has 5 heteroatoms. The predicted molar refractivity (Wildman–Crippen MR) is 95.0 cm³/mol. The molecule has 0 atom stereocenters. The van der Waals surface area contributed by atoms with Crippen molar-refractivity contribution in [3.63, 3.8) is 0 Å². The zero-order valence-corrected chi connectivity index (χ0v) is 14.0. The third-order valence-corrected chi connectivity index (χ3v) is 4.66. The molecule has 0 spiro atoms. The summed E-state index contributed by atoms with van der Waals surface area (Å²) in [5, 5.41) is 4.93. The molecule has 0 saturated carbocycles. The van der Waals surface area contributed by atoms with Crippen molar-refractivity contribution in [2.75, 3.05) is 18.0 Å². The number of nitrogens with zero attached hydrogens (tertiary/aromatic N) is 4. The number of benzene rings is 1. The number of anilines is 1. The van der Waals surface area contributed by atoms with E-state index in [-0.39, 0.29) is 0 Å². The van der Waals surface area contributed by atoms with Crippen LogP contribution in [0.3, 0.4) is 0 Å². The standard InChI is InChI=1S/C19H20N4O/c1-3-14-4-6-15(7-5-14)16-8-10-23(11-9-16)18-17-13(2)22-24-19(17)21-12-20-18/h4-8,12H,3,9-11H2,1-2H3. The molecular formula is C19H20N4O. The number of aromatic nitrogens is 3. The molecule has 1 aliphatic rings. The first-order valence-electron chi connectivity index (χ1n) is 8.36. The number of hydrogen-bond acceptors (Lipinski definition) is 5. The van der Waals surface area contributed by atoms with Gasteiger partial charge in [-0.1, -0.05) is 42.4 Å². The summed E-state index contributed by atoms with van der Waals surface area (Å²) < 4.78 is 5.25. The Kier molecular flexibility index (Phi) is 3.76. The average Bonchev–Trinajstić information content (AvgIpc) is 3.03. The highest BCUT2D eigenvalue weighted by Crippen LogP contribution is 2.30. The second kappa shape index (κ2) is 6.07. The third kappa shape index (κ3) is 2.56. The lowest BCUT2D eigenvalue weighted by atomic mass is 9.98. The van der Waals surface area contributed by atoms with Crippen LogP contribution in [0.1, 0.15) is 30.2 Å². The van der Waals surface area contributed by atoms with E-state index in [1.165, 1.54) is 16.7 Å². The van der Waals surface area contributed by atoms with Crippen LogP contribution >= 0.6 is 0 Å². The van der Waals surface area contributed by atoms with Gasteiger partial charge in [0.2, 0.25) is 0 Å². The van der Waals surface area contributed by atoms with Gasteiger partial charge in [-0.3, -0.25) is 0 Å². The van der Waals surface area contributed by atoms with Gasteiger partial charge in [-0.05, 0) is 36.5 Å². The monoisotopic (exact) mass is 320 g/mol. The van der Waals surface area contributed by atoms with Crippen molar-refractivity contribution in [1.29, 1.82) is 0 Å². The van der Waals surface area contributed by atoms with Gasteiger partial charge in [-0.15, -0.1) is 0 Å². The van der Waals surface area contributed by atoms with Gasteiger partial charge in [-0.2, -0.15) is 4.98 Å². The van der Waals surface area contributed by atoms with Crippen LogP contribution in [0, 0.1) is 6.92 Å². The summed E-state index contributed by atoms with van der Waals surface area (Å²) in [6.07, 6.45) is 5.92. The summed E-state index contributed by atoms with van der Waals surface area (Å²) in [7, 11) is 0. The third-order valence-electron chi connectivity index (χ3n) is 4.66. The van der Waals surface area contributed by atoms with Crippen LogP contribution in [0.15, 0.2) is 41.2 Å². The maximum absolute atomic E-state index is 5.25. The van der Waals surface area contributed by atoms with E-state index in [1.807, 2.05) is 6.92 Å². The van der Waals surface area contributed by atoms with Crippen molar-refractivity contribution < 1.29 is 4.52 Å². The quantitative estimate of drug-likeness (QED) is 0.735. The SMILES string of the molecule is CCc1ccc(C2=CCN(c3ncnc4onc(C)c34)CC2)cc1. The van der Waals surface area contributed by atoms with E-state index in [0.29, 0.717) is 5.71 Å². The summed E-state index contributed by atoms with van der Waals surface area (Å²) in [6, 6.07) is 8.90. The highest BCUT2D eigenvalue weighted by Gasteiger charge is 2.20. The Hall–Kier alpha value is -2.69. The summed E-state index contributed by atoms with van der Waals surface area (Å²) in [6.45, 7) is 5.88. The largest absolute Gasteiger partial charge is 0.352 e. The Morgan fingerprint density at radius 3 is 2.71 bits per heavy atom. The van der Waals surface area contributed by atoms with Gasteiger partial charge in [-0.25, -0.2) is 4.98 Å². The van der Waals surface area contributed by atoms with Gasteiger partial charge >= 0.3 is 0 Å². The summed E-state index contributed by atoms with van der Waals surface area (Å²) in [5.74, 6) is 0.912. The van der Waals surface area contributed by atoms with Crippen molar-refractivity contribution in [1.82, 2.24) is 15.1 Å². The highest BCUT2D eigenvalue weighted by molar-refractivity contribution is 5.88. The highest BCUT2D eigenvalue weighted by atomic mass is 16.5. The fourth-order valence-electron chi connectivity index (χ4n) is 3.22. The maximum Gasteiger partial charge on any atom is 0.263 e. The first-order valence-corrected chi connectivity index (χ1v) is 8.36. The number of fused-ring (bicyclic) bond motifs is 1. The first-order chi connectivity index (χ1) is 11.8. The second-order valence-electron chi connectivity index (χ2n) is 6.12. The molecule has 1 aliphatic heterocycles. The molecule has 4 rings (SSSR count). The van der Waals surface area contributed by atoms with E-state index in [4.69, 9.17) is 4.52 Å². The number of rotatable bonds is 3. The van der Waals surface area contributed by atoms with Crippen LogP contribution in [0.5, 0.6) is 0 Å². The molecule has 3 heterocycles. The number of hydrogen-bond donors (Lipinski definition) is 0. The molecule has 2 aromatic heterocycles. The molecule has 24 heavy (non-hydrogen) atoms. The normalized spacial score (nSPS) is 14.9. The van der Waals surface area contributed by atoms with E-state index < -0.39 is 0 Å². The summed E-state index contributed by atoms with van der Waals surface area (Å²) in [4.78, 5) is 10.9. The summed E-state index contributed by atoms with van der Waals surface area (Å²) >= 11 is 0. The van der Waals surface area contributed by atoms with Crippen molar-refractivity contribution in [3.8, 4) is 0 Å². The minimum atomic E-state index is 0.558. The van der Waals surface area contributed by atoms with Gasteiger partial charge < -0.3 is 9.42 Å². The van der Waals surface area contributed by atoms with Crippen LogP contribution in [0.25, 0.3) is 16.7 Å². The second-order valence-corrected chi connectivity index (χ2v) is 6.12. The van der Waals surface area contributed by atoms with Crippen LogP contribution in [0.2, 0.25) is 0 Å². The molecule has 0 N–H and O–H groups in total. The molecule has 3 aromatic rings. The fourth-order valence-corrected chi connectivity index (χ4v) is 3.22. The molecular weight excluding hydrogens is 300 g/mol. The van der Waals surface area contributed by atoms with E-state index in [0.717, 1.165) is 42.8 Å². The summed E-state index contributed by atoms with van der Waals surface area (Å²) in [5.41, 5.74) is 5.50. The Balaban J connectivity index is 1.60. The van der Waals surface area contributed by atoms with E-state index in [2.05, 4.69) is 57.3 Å². The van der Waals surface area contributed by atoms with Crippen LogP contribution in [-0.4, -0.2) is 28.2 Å². The molecule has 0 aliphatic carbocycles. The van der Waals surface area contributed by atoms with E-state index >= 15 is 0 Å². The van der Waals surface area contributed by atoms with Crippen molar-refractivity contribution in [3.05, 3.63) is 53.5 Å². The molecule has 0 radical (unpaired) electrons. The Labute approximate surface area is 141 Å². The van der Waals surface area contributed by atoms with Crippen LogP contribution < -0.4 is 4.90 Å². The molecule has 0 bridgehead atoms. The lowest BCUT2D eigenvalue weighted by molar-refractivity contribution is 0.442. The Morgan fingerprint density at radius 1 is 1.17 bits per heavy atom. The smallest absolute Gasteiger partial charge is 0.263 e. The fraction of sp³-hybridized carbons (Fsp3) is 0.316. The molecule has 122 valence electrons. The molecule has 0 unspecified atom stereocenters. The van der Waals surface area contributed by atoms with Crippen LogP contribution in [-0.2, 0) is 6.42 Å². The number of aryl methyl sites for hydroxylation is 2. The van der Waals surface area contributed by atoms with Crippen molar-refractivity contribution >= 4 is 22.5 Å². The lowest BCUT2D eigenvalue weighted by Crippen LogP contribution is -2.29. The van der Waals surface area contributed by atoms with Gasteiger partial charge in [0.15, 0.2) is 0 Å². The molecule has 5 nitrogen and oxygen atoms in total. The van der Waals surface area contributed by atoms with E-state index in [9.17, 15) is 0 Å².